The van der Waals surface area contributed by atoms with Crippen LogP contribution >= 0.6 is 0 Å². The molecule has 0 radical (unpaired) electrons. The van der Waals surface area contributed by atoms with Crippen LogP contribution in [-0.2, 0) is 63.8 Å². The first-order valence-corrected chi connectivity index (χ1v) is 26.5. The van der Waals surface area contributed by atoms with Crippen LogP contribution < -0.4 is 0 Å². The second kappa shape index (κ2) is 22.2. The van der Waals surface area contributed by atoms with Gasteiger partial charge in [0.2, 0.25) is 0 Å². The van der Waals surface area contributed by atoms with Crippen molar-refractivity contribution in [2.75, 3.05) is 0 Å². The number of aromatic hydroxyl groups is 2. The number of hydrogen-bond acceptors (Lipinski definition) is 2. The Hall–Kier alpha value is -4.48. The van der Waals surface area contributed by atoms with Crippen molar-refractivity contribution in [1.29, 1.82) is 0 Å². The number of hydrogen-bond donors (Lipinski definition) is 2. The summed E-state index contributed by atoms with van der Waals surface area (Å²) in [6.45, 7) is 22.7. The molecule has 4 heteroatoms. The maximum atomic E-state index is 11.5. The van der Waals surface area contributed by atoms with E-state index in [1.54, 1.807) is 0 Å². The van der Waals surface area contributed by atoms with Gasteiger partial charge in [-0.25, -0.2) is 11.6 Å². The number of phenolic OH excluding ortho intramolecular Hbond substituents is 2. The standard InChI is InChI=1S/C68H72O2.2Pt/c1-11-15-32-67(33-16-12-2)57-30-28-47(43-55(57)63-59(67)24-20-26-61(63)69)51-37-49(39-53(41-51)65(5,6)7)45-22-19-23-46(36-45)50-38-52(42-54(40-50)66(8,9)10)48-29-31-58-56(44-48)64-60(25-21-27-62(64)70)68(58,34-17-13-3)35-18-14-4;;/h19-21,24-31,36,39-42,69-70H,11-18,32-35H2,1-10H3;;/q-6;;. The fraction of sp³-hybridized carbons (Fsp3) is 0.382. The summed E-state index contributed by atoms with van der Waals surface area (Å²) in [5.74, 6) is 0.665. The van der Waals surface area contributed by atoms with E-state index >= 15 is 0 Å². The van der Waals surface area contributed by atoms with Gasteiger partial charge in [0.05, 0.1) is 11.5 Å². The molecule has 0 amide bonds. The molecule has 0 atom stereocenters. The zero-order chi connectivity index (χ0) is 49.6. The Kier molecular flexibility index (Phi) is 17.0. The molecule has 7 aromatic carbocycles. The van der Waals surface area contributed by atoms with E-state index in [1.807, 2.05) is 30.3 Å². The van der Waals surface area contributed by atoms with E-state index < -0.39 is 0 Å². The van der Waals surface area contributed by atoms with Crippen LogP contribution in [0.5, 0.6) is 11.5 Å². The number of unbranched alkanes of at least 4 members (excludes halogenated alkanes) is 4. The molecule has 7 aromatic rings. The van der Waals surface area contributed by atoms with Crippen molar-refractivity contribution in [1.82, 2.24) is 0 Å². The monoisotopic (exact) mass is 1310 g/mol. The number of rotatable bonds is 16. The molecule has 2 aliphatic carbocycles. The first-order chi connectivity index (χ1) is 33.6. The van der Waals surface area contributed by atoms with Crippen LogP contribution in [0.1, 0.15) is 180 Å². The Labute approximate surface area is 462 Å². The summed E-state index contributed by atoms with van der Waals surface area (Å²) < 4.78 is 0. The van der Waals surface area contributed by atoms with Crippen molar-refractivity contribution in [2.45, 2.75) is 168 Å². The SMILES string of the molecule is CCCCC1(CCCC)c2ccc(-c3[c-]c(-c4[c-]c[c-]c(-c5[c-]c(-c6[c-]c7c(cc6)C(CCCC)(CCCC)c6cccc(O)c6-7)cc(C(C)(C)C)c5)c4)cc(C(C)(C)C)c3)[c-]c2-c2c(O)cccc21.[Pt].[Pt]. The van der Waals surface area contributed by atoms with Crippen LogP contribution in [0.2, 0.25) is 0 Å². The third kappa shape index (κ3) is 10.2. The van der Waals surface area contributed by atoms with E-state index in [2.05, 4.69) is 172 Å². The third-order valence-electron chi connectivity index (χ3n) is 15.7. The van der Waals surface area contributed by atoms with Gasteiger partial charge in [-0.1, -0.05) is 156 Å². The minimum absolute atomic E-state index is 0. The molecule has 9 rings (SSSR count). The largest absolute Gasteiger partial charge is 0.515 e. The van der Waals surface area contributed by atoms with Crippen LogP contribution in [-0.4, -0.2) is 10.2 Å². The van der Waals surface area contributed by atoms with Gasteiger partial charge < -0.3 is 27.9 Å². The van der Waals surface area contributed by atoms with Gasteiger partial charge in [-0.15, -0.1) is 51.6 Å². The van der Waals surface area contributed by atoms with Gasteiger partial charge in [0.1, 0.15) is 0 Å². The van der Waals surface area contributed by atoms with Crippen LogP contribution in [0.25, 0.3) is 66.8 Å². The minimum Gasteiger partial charge on any atom is -0.515 e. The maximum Gasteiger partial charge on any atom is 0.0904 e. The quantitative estimate of drug-likeness (QED) is 0.0947. The van der Waals surface area contributed by atoms with E-state index in [9.17, 15) is 10.2 Å². The van der Waals surface area contributed by atoms with Crippen molar-refractivity contribution >= 4 is 0 Å². The molecule has 2 nitrogen and oxygen atoms in total. The molecular formula is C68H72O2Pt2-6. The average Bonchev–Trinajstić information content (AvgIpc) is 3.80. The summed E-state index contributed by atoms with van der Waals surface area (Å²) in [5, 5.41) is 23.1. The minimum atomic E-state index is -0.140. The Balaban J connectivity index is 0.00000380. The van der Waals surface area contributed by atoms with Crippen LogP contribution in [0.15, 0.2) is 97.1 Å². The molecule has 2 N–H and O–H groups in total. The molecule has 72 heavy (non-hydrogen) atoms. The second-order valence-electron chi connectivity index (χ2n) is 22.6. The fourth-order valence-electron chi connectivity index (χ4n) is 11.7. The summed E-state index contributed by atoms with van der Waals surface area (Å²) in [4.78, 5) is 0. The van der Waals surface area contributed by atoms with Crippen molar-refractivity contribution in [3.05, 3.63) is 167 Å². The van der Waals surface area contributed by atoms with Crippen LogP contribution in [0, 0.1) is 36.4 Å². The zero-order valence-electron chi connectivity index (χ0n) is 44.2. The summed E-state index contributed by atoms with van der Waals surface area (Å²) in [7, 11) is 0. The average molecular weight is 1310 g/mol. The molecule has 0 aliphatic heterocycles. The molecule has 382 valence electrons. The normalized spacial score (nSPS) is 13.9. The van der Waals surface area contributed by atoms with E-state index in [-0.39, 0.29) is 63.8 Å². The third-order valence-corrected chi connectivity index (χ3v) is 15.7. The van der Waals surface area contributed by atoms with Gasteiger partial charge in [-0.2, -0.15) is 64.7 Å². The smallest absolute Gasteiger partial charge is 0.0904 e. The molecule has 0 saturated carbocycles. The molecule has 0 aromatic heterocycles. The molecule has 2 aliphatic rings. The number of benzene rings is 7. The summed E-state index contributed by atoms with van der Waals surface area (Å²) in [6, 6.07) is 57.2. The maximum absolute atomic E-state index is 11.5. The molecular weight excluding hydrogens is 1240 g/mol. The van der Waals surface area contributed by atoms with Crippen LogP contribution in [0.4, 0.5) is 0 Å². The van der Waals surface area contributed by atoms with Gasteiger partial charge in [0.25, 0.3) is 0 Å². The second-order valence-corrected chi connectivity index (χ2v) is 22.6. The van der Waals surface area contributed by atoms with E-state index in [0.717, 1.165) is 144 Å². The van der Waals surface area contributed by atoms with Gasteiger partial charge in [-0.3, -0.25) is 29.3 Å². The van der Waals surface area contributed by atoms with Crippen LogP contribution in [0.3, 0.4) is 0 Å². The predicted molar refractivity (Wildman–Crippen MR) is 292 cm³/mol. The van der Waals surface area contributed by atoms with Crippen molar-refractivity contribution < 1.29 is 52.3 Å². The Morgan fingerprint density at radius 3 is 1.08 bits per heavy atom. The van der Waals surface area contributed by atoms with Gasteiger partial charge in [0.15, 0.2) is 0 Å². The van der Waals surface area contributed by atoms with Crippen molar-refractivity contribution in [2.24, 2.45) is 0 Å². The molecule has 0 saturated heterocycles. The topological polar surface area (TPSA) is 40.5 Å². The first-order valence-electron chi connectivity index (χ1n) is 26.5. The predicted octanol–water partition coefficient (Wildman–Crippen LogP) is 18.5. The zero-order valence-corrected chi connectivity index (χ0v) is 48.8. The van der Waals surface area contributed by atoms with Gasteiger partial charge >= 0.3 is 0 Å². The van der Waals surface area contributed by atoms with E-state index in [1.165, 1.54) is 33.4 Å². The fourth-order valence-corrected chi connectivity index (χ4v) is 11.7. The molecule has 0 bridgehead atoms. The van der Waals surface area contributed by atoms with Crippen molar-refractivity contribution in [3.8, 4) is 78.3 Å². The van der Waals surface area contributed by atoms with Gasteiger partial charge in [0, 0.05) is 42.1 Å². The Bertz CT molecular complexity index is 2830. The molecule has 0 heterocycles. The Morgan fingerprint density at radius 1 is 0.403 bits per heavy atom. The summed E-state index contributed by atoms with van der Waals surface area (Å²) in [6.07, 6.45) is 13.2. The number of phenols is 2. The summed E-state index contributed by atoms with van der Waals surface area (Å²) in [5.41, 5.74) is 18.5. The van der Waals surface area contributed by atoms with Gasteiger partial charge in [-0.05, 0) is 70.6 Å². The van der Waals surface area contributed by atoms with E-state index in [4.69, 9.17) is 0 Å². The first kappa shape index (κ1) is 55.3. The summed E-state index contributed by atoms with van der Waals surface area (Å²) >= 11 is 0. The molecule has 0 spiro atoms. The number of fused-ring (bicyclic) bond motifs is 6. The van der Waals surface area contributed by atoms with E-state index in [0.29, 0.717) is 11.5 Å². The molecule has 0 unspecified atom stereocenters. The molecule has 0 fully saturated rings. The Morgan fingerprint density at radius 2 is 0.750 bits per heavy atom. The van der Waals surface area contributed by atoms with Crippen molar-refractivity contribution in [3.63, 3.8) is 0 Å².